The van der Waals surface area contributed by atoms with Gasteiger partial charge in [0.25, 0.3) is 0 Å². The van der Waals surface area contributed by atoms with Crippen molar-refractivity contribution in [2.45, 2.75) is 12.8 Å². The van der Waals surface area contributed by atoms with Gasteiger partial charge in [-0.1, -0.05) is 6.08 Å². The molecule has 0 radical (unpaired) electrons. The standard InChI is InChI=1S/C5H9N.2ClH/c1-2-4-6-5-3-1;;/h2,4,6H,1,3,5H2;2*1H. The minimum absolute atomic E-state index is 0. The third kappa shape index (κ3) is 4.28. The maximum atomic E-state index is 3.10. The zero-order valence-corrected chi connectivity index (χ0v) is 6.23. The lowest BCUT2D eigenvalue weighted by atomic mass is 10.2. The molecule has 1 heterocycles. The Hall–Kier alpha value is 0.120. The van der Waals surface area contributed by atoms with Gasteiger partial charge in [-0.3, -0.25) is 0 Å². The first kappa shape index (κ1) is 11.0. The number of hydrogen-bond donors (Lipinski definition) is 1. The second kappa shape index (κ2) is 7.12. The lowest BCUT2D eigenvalue weighted by Crippen LogP contribution is -2.09. The van der Waals surface area contributed by atoms with Gasteiger partial charge in [0.1, 0.15) is 0 Å². The monoisotopic (exact) mass is 155 g/mol. The summed E-state index contributed by atoms with van der Waals surface area (Å²) in [6.07, 6.45) is 6.73. The highest BCUT2D eigenvalue weighted by Crippen LogP contribution is 1.91. The predicted octanol–water partition coefficient (Wildman–Crippen LogP) is 1.73. The highest BCUT2D eigenvalue weighted by Gasteiger charge is 1.84. The summed E-state index contributed by atoms with van der Waals surface area (Å²) in [6, 6.07) is 0. The average Bonchev–Trinajstić information content (AvgIpc) is 1.72. The molecule has 0 amide bonds. The number of nitrogens with one attached hydrogen (secondary N) is 1. The molecule has 0 atom stereocenters. The van der Waals surface area contributed by atoms with Gasteiger partial charge in [-0.15, -0.1) is 24.8 Å². The Labute approximate surface area is 62.4 Å². The van der Waals surface area contributed by atoms with Crippen molar-refractivity contribution >= 4 is 24.8 Å². The van der Waals surface area contributed by atoms with Crippen LogP contribution in [-0.4, -0.2) is 6.54 Å². The summed E-state index contributed by atoms with van der Waals surface area (Å²) in [6.45, 7) is 1.16. The molecule has 0 bridgehead atoms. The normalized spacial score (nSPS) is 15.0. The van der Waals surface area contributed by atoms with Gasteiger partial charge >= 0.3 is 0 Å². The molecule has 0 unspecified atom stereocenters. The molecule has 0 saturated carbocycles. The average molecular weight is 156 g/mol. The fourth-order valence-electron chi connectivity index (χ4n) is 0.572. The molecule has 0 aromatic rings. The van der Waals surface area contributed by atoms with Gasteiger partial charge in [0.2, 0.25) is 0 Å². The maximum Gasteiger partial charge on any atom is 0.0144 e. The van der Waals surface area contributed by atoms with Crippen LogP contribution in [0.15, 0.2) is 12.3 Å². The van der Waals surface area contributed by atoms with Crippen LogP contribution in [0.3, 0.4) is 0 Å². The molecule has 3 heteroatoms. The highest BCUT2D eigenvalue weighted by molar-refractivity contribution is 5.85. The molecule has 1 aliphatic heterocycles. The van der Waals surface area contributed by atoms with Crippen LogP contribution in [0, 0.1) is 0 Å². The summed E-state index contributed by atoms with van der Waals surface area (Å²) in [7, 11) is 0. The second-order valence-corrected chi connectivity index (χ2v) is 1.50. The van der Waals surface area contributed by atoms with Gasteiger partial charge in [-0.25, -0.2) is 0 Å². The van der Waals surface area contributed by atoms with Crippen molar-refractivity contribution in [3.8, 4) is 0 Å². The van der Waals surface area contributed by atoms with Crippen molar-refractivity contribution in [3.63, 3.8) is 0 Å². The molecule has 1 nitrogen and oxygen atoms in total. The van der Waals surface area contributed by atoms with E-state index in [0.717, 1.165) is 6.54 Å². The maximum absolute atomic E-state index is 3.10. The summed E-state index contributed by atoms with van der Waals surface area (Å²) in [5.74, 6) is 0. The highest BCUT2D eigenvalue weighted by atomic mass is 35.5. The Balaban J connectivity index is 0. The van der Waals surface area contributed by atoms with Gasteiger partial charge < -0.3 is 5.32 Å². The van der Waals surface area contributed by atoms with Crippen molar-refractivity contribution in [1.29, 1.82) is 0 Å². The molecule has 0 fully saturated rings. The molecular formula is C5H11Cl2N. The quantitative estimate of drug-likeness (QED) is 0.563. The van der Waals surface area contributed by atoms with E-state index in [1.54, 1.807) is 0 Å². The Kier molecular flexibility index (Phi) is 9.78. The lowest BCUT2D eigenvalue weighted by molar-refractivity contribution is 0.728. The van der Waals surface area contributed by atoms with Crippen molar-refractivity contribution in [2.75, 3.05) is 6.54 Å². The van der Waals surface area contributed by atoms with E-state index in [9.17, 15) is 0 Å². The number of allylic oxidation sites excluding steroid dienone is 1. The van der Waals surface area contributed by atoms with Crippen LogP contribution in [0.5, 0.6) is 0 Å². The minimum atomic E-state index is 0. The van der Waals surface area contributed by atoms with Crippen LogP contribution in [0.2, 0.25) is 0 Å². The first-order valence-corrected chi connectivity index (χ1v) is 2.38. The van der Waals surface area contributed by atoms with Gasteiger partial charge in [-0.2, -0.15) is 0 Å². The van der Waals surface area contributed by atoms with E-state index in [4.69, 9.17) is 0 Å². The van der Waals surface area contributed by atoms with Crippen molar-refractivity contribution in [3.05, 3.63) is 12.3 Å². The predicted molar refractivity (Wildman–Crippen MR) is 40.9 cm³/mol. The van der Waals surface area contributed by atoms with Crippen LogP contribution in [-0.2, 0) is 0 Å². The molecule has 0 saturated heterocycles. The largest absolute Gasteiger partial charge is 0.391 e. The minimum Gasteiger partial charge on any atom is -0.391 e. The van der Waals surface area contributed by atoms with Crippen LogP contribution < -0.4 is 5.32 Å². The Morgan fingerprint density at radius 3 is 2.12 bits per heavy atom. The molecule has 0 aliphatic carbocycles. The zero-order chi connectivity index (χ0) is 4.24. The fraction of sp³-hybridized carbons (Fsp3) is 0.600. The van der Waals surface area contributed by atoms with E-state index < -0.39 is 0 Å². The Bertz CT molecular complexity index is 55.4. The summed E-state index contributed by atoms with van der Waals surface area (Å²) >= 11 is 0. The summed E-state index contributed by atoms with van der Waals surface area (Å²) in [5, 5.41) is 3.10. The summed E-state index contributed by atoms with van der Waals surface area (Å²) < 4.78 is 0. The van der Waals surface area contributed by atoms with Gasteiger partial charge in [0.05, 0.1) is 0 Å². The van der Waals surface area contributed by atoms with Crippen molar-refractivity contribution in [2.24, 2.45) is 0 Å². The first-order chi connectivity index (χ1) is 3.00. The van der Waals surface area contributed by atoms with E-state index >= 15 is 0 Å². The topological polar surface area (TPSA) is 12.0 Å². The van der Waals surface area contributed by atoms with E-state index in [2.05, 4.69) is 11.4 Å². The smallest absolute Gasteiger partial charge is 0.0144 e. The van der Waals surface area contributed by atoms with Crippen molar-refractivity contribution in [1.82, 2.24) is 5.32 Å². The molecule has 1 rings (SSSR count). The SMILES string of the molecule is C1=CNCCC1.Cl.Cl. The molecular weight excluding hydrogens is 145 g/mol. The summed E-state index contributed by atoms with van der Waals surface area (Å²) in [5.41, 5.74) is 0. The van der Waals surface area contributed by atoms with E-state index in [1.165, 1.54) is 12.8 Å². The van der Waals surface area contributed by atoms with Crippen LogP contribution in [0.25, 0.3) is 0 Å². The summed E-state index contributed by atoms with van der Waals surface area (Å²) in [4.78, 5) is 0. The number of halogens is 2. The number of hydrogen-bond acceptors (Lipinski definition) is 1. The third-order valence-electron chi connectivity index (χ3n) is 0.928. The van der Waals surface area contributed by atoms with Crippen molar-refractivity contribution < 1.29 is 0 Å². The lowest BCUT2D eigenvalue weighted by Gasteiger charge is -2.02. The molecule has 0 spiro atoms. The van der Waals surface area contributed by atoms with E-state index in [0.29, 0.717) is 0 Å². The van der Waals surface area contributed by atoms with Gasteiger partial charge in [0, 0.05) is 6.54 Å². The molecule has 1 N–H and O–H groups in total. The third-order valence-corrected chi connectivity index (χ3v) is 0.928. The van der Waals surface area contributed by atoms with E-state index in [1.807, 2.05) is 6.20 Å². The van der Waals surface area contributed by atoms with E-state index in [-0.39, 0.29) is 24.8 Å². The van der Waals surface area contributed by atoms with Crippen LogP contribution in [0.4, 0.5) is 0 Å². The molecule has 0 aromatic carbocycles. The molecule has 8 heavy (non-hydrogen) atoms. The van der Waals surface area contributed by atoms with Crippen LogP contribution in [0.1, 0.15) is 12.8 Å². The number of rotatable bonds is 0. The molecule has 0 aromatic heterocycles. The zero-order valence-electron chi connectivity index (χ0n) is 4.59. The van der Waals surface area contributed by atoms with Gasteiger partial charge in [0.15, 0.2) is 0 Å². The Morgan fingerprint density at radius 2 is 2.00 bits per heavy atom. The second-order valence-electron chi connectivity index (χ2n) is 1.50. The fourth-order valence-corrected chi connectivity index (χ4v) is 0.572. The van der Waals surface area contributed by atoms with Crippen LogP contribution >= 0.6 is 24.8 Å². The Morgan fingerprint density at radius 1 is 1.25 bits per heavy atom. The van der Waals surface area contributed by atoms with Gasteiger partial charge in [-0.05, 0) is 19.0 Å². The first-order valence-electron chi connectivity index (χ1n) is 2.38. The molecule has 1 aliphatic rings. The molecule has 50 valence electrons.